The van der Waals surface area contributed by atoms with Crippen LogP contribution in [0.5, 0.6) is 5.75 Å². The highest BCUT2D eigenvalue weighted by Crippen LogP contribution is 2.34. The quantitative estimate of drug-likeness (QED) is 0.610. The molecule has 5 rings (SSSR count). The predicted octanol–water partition coefficient (Wildman–Crippen LogP) is 4.27. The van der Waals surface area contributed by atoms with Crippen molar-refractivity contribution in [2.24, 2.45) is 0 Å². The monoisotopic (exact) mass is 433 g/mol. The van der Waals surface area contributed by atoms with E-state index >= 15 is 0 Å². The fourth-order valence-corrected chi connectivity index (χ4v) is 5.16. The molecule has 1 aliphatic heterocycles. The molecule has 3 amide bonds. The molecule has 1 atom stereocenters. The van der Waals surface area contributed by atoms with Gasteiger partial charge in [0.15, 0.2) is 0 Å². The topological polar surface area (TPSA) is 71.5 Å². The van der Waals surface area contributed by atoms with E-state index in [0.717, 1.165) is 41.1 Å². The Balaban J connectivity index is 1.38. The first-order chi connectivity index (χ1) is 15.0. The Labute approximate surface area is 184 Å². The number of imide groups is 1. The highest BCUT2D eigenvalue weighted by Gasteiger charge is 2.49. The van der Waals surface area contributed by atoms with Gasteiger partial charge < -0.3 is 10.1 Å². The summed E-state index contributed by atoms with van der Waals surface area (Å²) < 4.78 is 5.28. The first-order valence-electron chi connectivity index (χ1n) is 10.3. The van der Waals surface area contributed by atoms with Crippen LogP contribution in [0.4, 0.5) is 4.79 Å². The summed E-state index contributed by atoms with van der Waals surface area (Å²) in [5.41, 5.74) is 4.03. The number of hydrogen-bond acceptors (Lipinski definition) is 5. The molecule has 0 radical (unpaired) electrons. The molecule has 7 heteroatoms. The van der Waals surface area contributed by atoms with E-state index in [-0.39, 0.29) is 18.5 Å². The van der Waals surface area contributed by atoms with Gasteiger partial charge in [-0.05, 0) is 55.0 Å². The molecule has 1 N–H and O–H groups in total. The number of aromatic nitrogens is 1. The number of ether oxygens (including phenoxy) is 1. The van der Waals surface area contributed by atoms with Gasteiger partial charge in [-0.25, -0.2) is 9.78 Å². The third kappa shape index (κ3) is 3.39. The maximum atomic E-state index is 13.3. The van der Waals surface area contributed by atoms with Crippen LogP contribution >= 0.6 is 11.3 Å². The van der Waals surface area contributed by atoms with Crippen molar-refractivity contribution in [2.45, 2.75) is 38.3 Å². The molecule has 31 heavy (non-hydrogen) atoms. The van der Waals surface area contributed by atoms with Crippen LogP contribution in [0.2, 0.25) is 0 Å². The van der Waals surface area contributed by atoms with Gasteiger partial charge in [-0.2, -0.15) is 0 Å². The second-order valence-electron chi connectivity index (χ2n) is 8.16. The minimum atomic E-state index is -1.06. The van der Waals surface area contributed by atoms with Gasteiger partial charge in [0.2, 0.25) is 0 Å². The van der Waals surface area contributed by atoms with Gasteiger partial charge in [-0.1, -0.05) is 30.3 Å². The molecule has 6 nitrogen and oxygen atoms in total. The lowest BCUT2D eigenvalue weighted by Crippen LogP contribution is -2.41. The van der Waals surface area contributed by atoms with Crippen molar-refractivity contribution >= 4 is 23.3 Å². The van der Waals surface area contributed by atoms with Crippen molar-refractivity contribution in [3.05, 3.63) is 70.2 Å². The van der Waals surface area contributed by atoms with Crippen molar-refractivity contribution in [1.29, 1.82) is 0 Å². The summed E-state index contributed by atoms with van der Waals surface area (Å²) >= 11 is 1.48. The fourth-order valence-electron chi connectivity index (χ4n) is 4.35. The number of benzene rings is 2. The second kappa shape index (κ2) is 7.50. The van der Waals surface area contributed by atoms with Crippen molar-refractivity contribution in [3.63, 3.8) is 0 Å². The Morgan fingerprint density at radius 2 is 2.00 bits per heavy atom. The van der Waals surface area contributed by atoms with Crippen LogP contribution in [-0.2, 0) is 29.7 Å². The molecule has 1 aliphatic carbocycles. The number of methoxy groups -OCH3 is 1. The third-order valence-corrected chi connectivity index (χ3v) is 7.08. The van der Waals surface area contributed by atoms with Crippen molar-refractivity contribution in [2.75, 3.05) is 7.11 Å². The van der Waals surface area contributed by atoms with Crippen LogP contribution in [0.25, 0.3) is 10.6 Å². The van der Waals surface area contributed by atoms with Gasteiger partial charge >= 0.3 is 6.03 Å². The normalized spacial score (nSPS) is 20.1. The Morgan fingerprint density at radius 3 is 2.84 bits per heavy atom. The van der Waals surface area contributed by atoms with Gasteiger partial charge in [-0.3, -0.25) is 9.69 Å². The molecule has 2 aromatic carbocycles. The molecule has 2 aliphatic rings. The van der Waals surface area contributed by atoms with Gasteiger partial charge in [0.1, 0.15) is 16.3 Å². The van der Waals surface area contributed by atoms with Gasteiger partial charge in [-0.15, -0.1) is 11.3 Å². The molecular weight excluding hydrogens is 410 g/mol. The van der Waals surface area contributed by atoms with Crippen LogP contribution < -0.4 is 10.1 Å². The van der Waals surface area contributed by atoms with Crippen LogP contribution in [-0.4, -0.2) is 28.9 Å². The van der Waals surface area contributed by atoms with Crippen molar-refractivity contribution in [1.82, 2.24) is 15.2 Å². The van der Waals surface area contributed by atoms with Crippen molar-refractivity contribution < 1.29 is 14.3 Å². The highest BCUT2D eigenvalue weighted by atomic mass is 32.1. The van der Waals surface area contributed by atoms with Gasteiger partial charge in [0.25, 0.3) is 5.91 Å². The van der Waals surface area contributed by atoms with Crippen LogP contribution in [0.3, 0.4) is 0 Å². The molecule has 0 spiro atoms. The van der Waals surface area contributed by atoms with E-state index in [9.17, 15) is 9.59 Å². The maximum absolute atomic E-state index is 13.3. The molecule has 158 valence electrons. The van der Waals surface area contributed by atoms with E-state index in [4.69, 9.17) is 4.74 Å². The van der Waals surface area contributed by atoms with E-state index in [1.165, 1.54) is 27.4 Å². The zero-order valence-electron chi connectivity index (χ0n) is 17.5. The minimum Gasteiger partial charge on any atom is -0.497 e. The van der Waals surface area contributed by atoms with Crippen LogP contribution in [0, 0.1) is 0 Å². The Hall–Kier alpha value is -3.19. The number of carbonyl (C=O) groups excluding carboxylic acids is 2. The number of carbonyl (C=O) groups is 2. The second-order valence-corrected chi connectivity index (χ2v) is 9.02. The van der Waals surface area contributed by atoms with Crippen LogP contribution in [0.1, 0.15) is 35.7 Å². The minimum absolute atomic E-state index is 0.145. The number of hydrogen-bond donors (Lipinski definition) is 1. The zero-order chi connectivity index (χ0) is 21.6. The van der Waals surface area contributed by atoms with E-state index in [0.29, 0.717) is 5.69 Å². The lowest BCUT2D eigenvalue weighted by molar-refractivity contribution is -0.131. The molecule has 1 saturated heterocycles. The third-order valence-electron chi connectivity index (χ3n) is 6.14. The zero-order valence-corrected chi connectivity index (χ0v) is 18.3. The summed E-state index contributed by atoms with van der Waals surface area (Å²) in [7, 11) is 1.63. The van der Waals surface area contributed by atoms with E-state index < -0.39 is 5.54 Å². The van der Waals surface area contributed by atoms with E-state index in [1.807, 2.05) is 35.7 Å². The van der Waals surface area contributed by atoms with Crippen LogP contribution in [0.15, 0.2) is 47.8 Å². The van der Waals surface area contributed by atoms with Gasteiger partial charge in [0, 0.05) is 10.9 Å². The molecule has 0 bridgehead atoms. The Morgan fingerprint density at radius 1 is 1.16 bits per heavy atom. The fraction of sp³-hybridized carbons (Fsp3) is 0.292. The number of fused-ring (bicyclic) bond motifs is 1. The average molecular weight is 434 g/mol. The molecule has 3 aromatic rings. The number of thiazole rings is 1. The summed E-state index contributed by atoms with van der Waals surface area (Å²) in [5.74, 6) is 0.514. The van der Waals surface area contributed by atoms with E-state index in [2.05, 4.69) is 22.4 Å². The highest BCUT2D eigenvalue weighted by molar-refractivity contribution is 7.13. The largest absolute Gasteiger partial charge is 0.497 e. The molecule has 2 heterocycles. The lowest BCUT2D eigenvalue weighted by atomic mass is 9.89. The van der Waals surface area contributed by atoms with Gasteiger partial charge in [0.05, 0.1) is 19.3 Å². The summed E-state index contributed by atoms with van der Waals surface area (Å²) in [6.45, 7) is 1.93. The number of rotatable bonds is 5. The summed E-state index contributed by atoms with van der Waals surface area (Å²) in [6.07, 6.45) is 3.25. The Kier molecular flexibility index (Phi) is 4.78. The lowest BCUT2D eigenvalue weighted by Gasteiger charge is -2.23. The standard InChI is InChI=1S/C24H23N3O3S/c1-24(18-10-9-15-5-3-6-16(15)11-18)22(28)27(23(29)26-24)13-19-14-31-21(25-19)17-7-4-8-20(12-17)30-2/h4,7-12,14H,3,5-6,13H2,1-2H3,(H,26,29). The summed E-state index contributed by atoms with van der Waals surface area (Å²) in [5, 5.41) is 5.62. The average Bonchev–Trinajstić information content (AvgIpc) is 3.49. The summed E-state index contributed by atoms with van der Waals surface area (Å²) in [4.78, 5) is 31.9. The Bertz CT molecular complexity index is 1190. The molecular formula is C24H23N3O3S. The SMILES string of the molecule is COc1cccc(-c2nc(CN3C(=O)NC(C)(c4ccc5c(c4)CCC5)C3=O)cs2)c1. The molecule has 1 unspecified atom stereocenters. The number of nitrogens with zero attached hydrogens (tertiary/aromatic N) is 2. The predicted molar refractivity (Wildman–Crippen MR) is 119 cm³/mol. The first-order valence-corrected chi connectivity index (χ1v) is 11.2. The number of amides is 3. The smallest absolute Gasteiger partial charge is 0.325 e. The number of urea groups is 1. The number of aryl methyl sites for hydroxylation is 2. The maximum Gasteiger partial charge on any atom is 0.325 e. The molecule has 1 aromatic heterocycles. The first kappa shape index (κ1) is 19.8. The summed E-state index contributed by atoms with van der Waals surface area (Å²) in [6, 6.07) is 13.4. The molecule has 1 fully saturated rings. The van der Waals surface area contributed by atoms with Crippen molar-refractivity contribution in [3.8, 4) is 16.3 Å². The number of nitrogens with one attached hydrogen (secondary N) is 1. The van der Waals surface area contributed by atoms with E-state index in [1.54, 1.807) is 14.0 Å². The molecule has 0 saturated carbocycles.